The zero-order valence-electron chi connectivity index (χ0n) is 8.26. The van der Waals surface area contributed by atoms with Crippen molar-refractivity contribution in [1.29, 1.82) is 0 Å². The van der Waals surface area contributed by atoms with E-state index in [2.05, 4.69) is 0 Å². The van der Waals surface area contributed by atoms with Crippen LogP contribution < -0.4 is 4.65 Å². The monoisotopic (exact) mass is 208 g/mol. The number of non-ortho nitro benzene ring substituents is 1. The Kier molecular flexibility index (Phi) is 2.42. The van der Waals surface area contributed by atoms with Gasteiger partial charge in [0.1, 0.15) is 5.69 Å². The number of nitro groups is 1. The van der Waals surface area contributed by atoms with Crippen LogP contribution in [0.15, 0.2) is 24.3 Å². The summed E-state index contributed by atoms with van der Waals surface area (Å²) in [4.78, 5) is 9.98. The van der Waals surface area contributed by atoms with Gasteiger partial charge in [-0.15, -0.1) is 0 Å². The molecule has 0 unspecified atom stereocenters. The SMILES string of the molecule is O=[N+]([O-])c1ccc([N+]2([O-])CCCC2)cc1. The number of rotatable bonds is 2. The van der Waals surface area contributed by atoms with Crippen molar-refractivity contribution in [2.75, 3.05) is 13.1 Å². The molecule has 1 aromatic rings. The summed E-state index contributed by atoms with van der Waals surface area (Å²) in [5, 5.41) is 22.6. The molecule has 1 heterocycles. The summed E-state index contributed by atoms with van der Waals surface area (Å²) in [6.07, 6.45) is 1.86. The smallest absolute Gasteiger partial charge is 0.269 e. The third kappa shape index (κ3) is 1.84. The van der Waals surface area contributed by atoms with Crippen LogP contribution in [0, 0.1) is 15.3 Å². The largest absolute Gasteiger partial charge is 0.627 e. The average Bonchev–Trinajstić information content (AvgIpc) is 2.67. The van der Waals surface area contributed by atoms with Crippen molar-refractivity contribution < 1.29 is 4.92 Å². The quantitative estimate of drug-likeness (QED) is 0.324. The van der Waals surface area contributed by atoms with Gasteiger partial charge in [-0.2, -0.15) is 0 Å². The van der Waals surface area contributed by atoms with Gasteiger partial charge in [0.05, 0.1) is 18.0 Å². The Morgan fingerprint density at radius 1 is 1.13 bits per heavy atom. The normalized spacial score (nSPS) is 19.0. The van der Waals surface area contributed by atoms with E-state index in [1.54, 1.807) is 12.1 Å². The van der Waals surface area contributed by atoms with Crippen molar-refractivity contribution in [3.63, 3.8) is 0 Å². The summed E-state index contributed by atoms with van der Waals surface area (Å²) in [5.41, 5.74) is 0.655. The molecule has 1 aromatic carbocycles. The lowest BCUT2D eigenvalue weighted by Gasteiger charge is -2.37. The van der Waals surface area contributed by atoms with Gasteiger partial charge < -0.3 is 9.85 Å². The Labute approximate surface area is 87.3 Å². The van der Waals surface area contributed by atoms with Gasteiger partial charge in [-0.3, -0.25) is 10.1 Å². The summed E-state index contributed by atoms with van der Waals surface area (Å²) < 4.78 is -0.335. The van der Waals surface area contributed by atoms with E-state index in [-0.39, 0.29) is 10.3 Å². The maximum Gasteiger partial charge on any atom is 0.269 e. The van der Waals surface area contributed by atoms with E-state index in [9.17, 15) is 15.3 Å². The highest BCUT2D eigenvalue weighted by atomic mass is 16.6. The summed E-state index contributed by atoms with van der Waals surface area (Å²) in [5.74, 6) is 0. The fraction of sp³-hybridized carbons (Fsp3) is 0.400. The number of quaternary nitrogens is 1. The summed E-state index contributed by atoms with van der Waals surface area (Å²) in [6.45, 7) is 1.16. The molecule has 1 fully saturated rings. The molecule has 0 aliphatic carbocycles. The predicted molar refractivity (Wildman–Crippen MR) is 57.2 cm³/mol. The number of benzene rings is 1. The molecule has 1 saturated heterocycles. The maximum atomic E-state index is 12.2. The Hall–Kier alpha value is -1.46. The second-order valence-electron chi connectivity index (χ2n) is 3.82. The molecule has 2 rings (SSSR count). The van der Waals surface area contributed by atoms with Crippen LogP contribution in [0.3, 0.4) is 0 Å². The molecular formula is C10H12N2O3. The molecule has 0 spiro atoms. The molecule has 0 bridgehead atoms. The molecule has 5 heteroatoms. The molecule has 0 N–H and O–H groups in total. The molecule has 0 amide bonds. The Bertz CT molecular complexity index is 369. The van der Waals surface area contributed by atoms with Gasteiger partial charge in [0.25, 0.3) is 5.69 Å². The van der Waals surface area contributed by atoms with Crippen LogP contribution >= 0.6 is 0 Å². The van der Waals surface area contributed by atoms with Crippen molar-refractivity contribution in [2.45, 2.75) is 12.8 Å². The van der Waals surface area contributed by atoms with Gasteiger partial charge in [-0.05, 0) is 0 Å². The number of nitrogens with zero attached hydrogens (tertiary/aromatic N) is 2. The van der Waals surface area contributed by atoms with Crippen molar-refractivity contribution in [3.8, 4) is 0 Å². The highest BCUT2D eigenvalue weighted by Crippen LogP contribution is 2.29. The van der Waals surface area contributed by atoms with Crippen LogP contribution in [-0.2, 0) is 0 Å². The van der Waals surface area contributed by atoms with Gasteiger partial charge in [0.15, 0.2) is 0 Å². The minimum Gasteiger partial charge on any atom is -0.627 e. The van der Waals surface area contributed by atoms with Crippen molar-refractivity contribution in [3.05, 3.63) is 39.6 Å². The molecule has 15 heavy (non-hydrogen) atoms. The summed E-state index contributed by atoms with van der Waals surface area (Å²) in [7, 11) is 0. The average molecular weight is 208 g/mol. The van der Waals surface area contributed by atoms with Crippen molar-refractivity contribution in [1.82, 2.24) is 4.65 Å². The van der Waals surface area contributed by atoms with Crippen LogP contribution in [0.2, 0.25) is 0 Å². The first-order valence-corrected chi connectivity index (χ1v) is 4.95. The van der Waals surface area contributed by atoms with Crippen LogP contribution in [0.1, 0.15) is 12.8 Å². The van der Waals surface area contributed by atoms with E-state index in [0.717, 1.165) is 12.8 Å². The molecule has 80 valence electrons. The zero-order valence-corrected chi connectivity index (χ0v) is 8.26. The molecule has 1 aliphatic rings. The van der Waals surface area contributed by atoms with E-state index in [1.165, 1.54) is 12.1 Å². The van der Waals surface area contributed by atoms with E-state index in [4.69, 9.17) is 0 Å². The van der Waals surface area contributed by atoms with Gasteiger partial charge in [0, 0.05) is 37.1 Å². The van der Waals surface area contributed by atoms with Gasteiger partial charge in [-0.1, -0.05) is 0 Å². The third-order valence-corrected chi connectivity index (χ3v) is 2.82. The third-order valence-electron chi connectivity index (χ3n) is 2.82. The Balaban J connectivity index is 2.26. The van der Waals surface area contributed by atoms with Gasteiger partial charge in [0.2, 0.25) is 0 Å². The first-order chi connectivity index (χ1) is 7.12. The van der Waals surface area contributed by atoms with E-state index >= 15 is 0 Å². The minimum atomic E-state index is -0.455. The summed E-state index contributed by atoms with van der Waals surface area (Å²) in [6, 6.07) is 5.92. The van der Waals surface area contributed by atoms with Crippen LogP contribution in [0.25, 0.3) is 0 Å². The second-order valence-corrected chi connectivity index (χ2v) is 3.82. The van der Waals surface area contributed by atoms with Crippen molar-refractivity contribution in [2.24, 2.45) is 0 Å². The Morgan fingerprint density at radius 2 is 1.67 bits per heavy atom. The number of hydrogen-bond donors (Lipinski definition) is 0. The van der Waals surface area contributed by atoms with Crippen molar-refractivity contribution >= 4 is 11.4 Å². The van der Waals surface area contributed by atoms with Crippen LogP contribution in [-0.4, -0.2) is 18.0 Å². The number of nitro benzene ring substituents is 1. The molecule has 0 radical (unpaired) electrons. The topological polar surface area (TPSA) is 66.2 Å². The molecular weight excluding hydrogens is 196 g/mol. The lowest BCUT2D eigenvalue weighted by molar-refractivity contribution is -0.384. The van der Waals surface area contributed by atoms with Crippen LogP contribution in [0.4, 0.5) is 11.4 Å². The molecule has 1 aliphatic heterocycles. The highest BCUT2D eigenvalue weighted by Gasteiger charge is 2.25. The summed E-state index contributed by atoms with van der Waals surface area (Å²) >= 11 is 0. The number of hydrogen-bond acceptors (Lipinski definition) is 3. The van der Waals surface area contributed by atoms with Crippen LogP contribution in [0.5, 0.6) is 0 Å². The number of hydroxylamine groups is 2. The maximum absolute atomic E-state index is 12.2. The minimum absolute atomic E-state index is 0.0320. The Morgan fingerprint density at radius 3 is 2.13 bits per heavy atom. The highest BCUT2D eigenvalue weighted by molar-refractivity contribution is 5.49. The van der Waals surface area contributed by atoms with Gasteiger partial charge >= 0.3 is 0 Å². The molecule has 5 nitrogen and oxygen atoms in total. The first kappa shape index (κ1) is 10.1. The molecule has 0 saturated carbocycles. The fourth-order valence-electron chi connectivity index (χ4n) is 1.95. The predicted octanol–water partition coefficient (Wildman–Crippen LogP) is 2.19. The van der Waals surface area contributed by atoms with E-state index in [1.807, 2.05) is 0 Å². The zero-order chi connectivity index (χ0) is 10.9. The second kappa shape index (κ2) is 3.60. The lowest BCUT2D eigenvalue weighted by atomic mass is 10.2. The first-order valence-electron chi connectivity index (χ1n) is 4.95. The van der Waals surface area contributed by atoms with Gasteiger partial charge in [-0.25, -0.2) is 0 Å². The standard InChI is InChI=1S/C10H12N2O3/c13-11(14)9-3-5-10(6-4-9)12(15)7-1-2-8-12/h3-6H,1-2,7-8H2. The fourth-order valence-corrected chi connectivity index (χ4v) is 1.95. The van der Waals surface area contributed by atoms with E-state index < -0.39 is 4.92 Å². The van der Waals surface area contributed by atoms with E-state index in [0.29, 0.717) is 18.8 Å². The molecule has 0 aromatic heterocycles. The lowest BCUT2D eigenvalue weighted by Crippen LogP contribution is -2.39. The molecule has 0 atom stereocenters.